The maximum absolute atomic E-state index is 12.2. The minimum atomic E-state index is -0.988. The van der Waals surface area contributed by atoms with Crippen molar-refractivity contribution in [3.05, 3.63) is 76.9 Å². The SMILES string of the molecule is C=CCc1cc(/C=C(/C#N)C(=O)N(C)C)cc(OCC)c1OCc1ccc(C(=O)O)cc1. The van der Waals surface area contributed by atoms with Crippen molar-refractivity contribution in [3.8, 4) is 17.6 Å². The topological polar surface area (TPSA) is 99.9 Å². The molecule has 0 bridgehead atoms. The lowest BCUT2D eigenvalue weighted by Crippen LogP contribution is -2.22. The third-order valence-corrected chi connectivity index (χ3v) is 4.47. The van der Waals surface area contributed by atoms with Crippen LogP contribution in [0.1, 0.15) is 34.0 Å². The highest BCUT2D eigenvalue weighted by atomic mass is 16.5. The van der Waals surface area contributed by atoms with Gasteiger partial charge in [-0.25, -0.2) is 4.79 Å². The zero-order chi connectivity index (χ0) is 23.7. The van der Waals surface area contributed by atoms with Crippen LogP contribution in [0.4, 0.5) is 0 Å². The molecule has 0 aliphatic rings. The summed E-state index contributed by atoms with van der Waals surface area (Å²) in [5, 5.41) is 18.4. The minimum absolute atomic E-state index is 0.00851. The number of nitriles is 1. The second-order valence-corrected chi connectivity index (χ2v) is 7.09. The summed E-state index contributed by atoms with van der Waals surface area (Å²) in [5.41, 5.74) is 2.43. The summed E-state index contributed by atoms with van der Waals surface area (Å²) in [4.78, 5) is 24.6. The van der Waals surface area contributed by atoms with Gasteiger partial charge >= 0.3 is 5.97 Å². The Morgan fingerprint density at radius 1 is 1.19 bits per heavy atom. The predicted molar refractivity (Wildman–Crippen MR) is 122 cm³/mol. The van der Waals surface area contributed by atoms with Gasteiger partial charge in [0.2, 0.25) is 0 Å². The molecule has 0 radical (unpaired) electrons. The van der Waals surface area contributed by atoms with Crippen LogP contribution in [0, 0.1) is 11.3 Å². The maximum Gasteiger partial charge on any atom is 0.335 e. The largest absolute Gasteiger partial charge is 0.490 e. The van der Waals surface area contributed by atoms with Crippen molar-refractivity contribution >= 4 is 18.0 Å². The Morgan fingerprint density at radius 3 is 2.41 bits per heavy atom. The molecular weight excluding hydrogens is 408 g/mol. The normalized spacial score (nSPS) is 10.8. The van der Waals surface area contributed by atoms with Crippen molar-refractivity contribution in [1.29, 1.82) is 5.26 Å². The zero-order valence-electron chi connectivity index (χ0n) is 18.4. The van der Waals surface area contributed by atoms with Crippen LogP contribution in [-0.2, 0) is 17.8 Å². The number of hydrogen-bond acceptors (Lipinski definition) is 5. The molecule has 32 heavy (non-hydrogen) atoms. The van der Waals surface area contributed by atoms with E-state index in [4.69, 9.17) is 14.6 Å². The molecule has 1 amide bonds. The molecule has 2 aromatic carbocycles. The van der Waals surface area contributed by atoms with E-state index in [1.165, 1.54) is 23.1 Å². The fourth-order valence-electron chi connectivity index (χ4n) is 2.95. The molecule has 7 heteroatoms. The summed E-state index contributed by atoms with van der Waals surface area (Å²) < 4.78 is 11.8. The Labute approximate surface area is 187 Å². The van der Waals surface area contributed by atoms with E-state index >= 15 is 0 Å². The van der Waals surface area contributed by atoms with E-state index in [-0.39, 0.29) is 23.7 Å². The Kier molecular flexibility index (Phi) is 8.61. The number of ether oxygens (including phenoxy) is 2. The molecule has 0 aliphatic carbocycles. The number of benzene rings is 2. The molecule has 0 aliphatic heterocycles. The molecule has 2 rings (SSSR count). The lowest BCUT2D eigenvalue weighted by molar-refractivity contribution is -0.124. The van der Waals surface area contributed by atoms with Crippen molar-refractivity contribution in [2.75, 3.05) is 20.7 Å². The van der Waals surface area contributed by atoms with Gasteiger partial charge in [-0.05, 0) is 54.8 Å². The van der Waals surface area contributed by atoms with Gasteiger partial charge in [0.1, 0.15) is 18.2 Å². The summed E-state index contributed by atoms with van der Waals surface area (Å²) >= 11 is 0. The quantitative estimate of drug-likeness (QED) is 0.344. The van der Waals surface area contributed by atoms with Gasteiger partial charge in [-0.15, -0.1) is 6.58 Å². The molecule has 0 fully saturated rings. The number of allylic oxidation sites excluding steroid dienone is 1. The number of carboxylic acid groups (broad SMARTS) is 1. The fourth-order valence-corrected chi connectivity index (χ4v) is 2.95. The number of aromatic carboxylic acids is 1. The van der Waals surface area contributed by atoms with E-state index in [9.17, 15) is 14.9 Å². The van der Waals surface area contributed by atoms with Crippen molar-refractivity contribution in [2.45, 2.75) is 20.0 Å². The Hall–Kier alpha value is -4.05. The van der Waals surface area contributed by atoms with Crippen LogP contribution in [0.5, 0.6) is 11.5 Å². The number of hydrogen-bond donors (Lipinski definition) is 1. The van der Waals surface area contributed by atoms with Gasteiger partial charge in [0.05, 0.1) is 12.2 Å². The average molecular weight is 434 g/mol. The summed E-state index contributed by atoms with van der Waals surface area (Å²) in [7, 11) is 3.17. The second-order valence-electron chi connectivity index (χ2n) is 7.09. The van der Waals surface area contributed by atoms with E-state index in [1.807, 2.05) is 19.1 Å². The molecule has 7 nitrogen and oxygen atoms in total. The highest BCUT2D eigenvalue weighted by Crippen LogP contribution is 2.35. The molecule has 1 N–H and O–H groups in total. The van der Waals surface area contributed by atoms with Gasteiger partial charge in [-0.2, -0.15) is 5.26 Å². The molecule has 2 aromatic rings. The lowest BCUT2D eigenvalue weighted by Gasteiger charge is -2.17. The minimum Gasteiger partial charge on any atom is -0.490 e. The van der Waals surface area contributed by atoms with Gasteiger partial charge in [-0.3, -0.25) is 4.79 Å². The molecule has 0 unspecified atom stereocenters. The highest BCUT2D eigenvalue weighted by molar-refractivity contribution is 6.01. The standard InChI is InChI=1S/C25H26N2O5/c1-5-7-20-12-18(13-21(15-26)24(28)27(3)4)14-22(31-6-2)23(20)32-16-17-8-10-19(11-9-17)25(29)30/h5,8-14H,1,6-7,16H2,2-4H3,(H,29,30)/b21-13-. The van der Waals surface area contributed by atoms with E-state index in [1.54, 1.807) is 38.4 Å². The molecular formula is C25H26N2O5. The van der Waals surface area contributed by atoms with Crippen LogP contribution in [0.25, 0.3) is 6.08 Å². The summed E-state index contributed by atoms with van der Waals surface area (Å²) in [6.07, 6.45) is 3.73. The first-order valence-corrected chi connectivity index (χ1v) is 9.99. The van der Waals surface area contributed by atoms with Crippen LogP contribution < -0.4 is 9.47 Å². The number of carbonyl (C=O) groups is 2. The summed E-state index contributed by atoms with van der Waals surface area (Å²) in [6.45, 7) is 6.25. The number of carboxylic acids is 1. The molecule has 0 atom stereocenters. The predicted octanol–water partition coefficient (Wildman–Crippen LogP) is 4.09. The fraction of sp³-hybridized carbons (Fsp3) is 0.240. The van der Waals surface area contributed by atoms with Crippen LogP contribution in [0.15, 0.2) is 54.6 Å². The molecule has 0 aromatic heterocycles. The molecule has 166 valence electrons. The van der Waals surface area contributed by atoms with Gasteiger partial charge in [0.25, 0.3) is 5.91 Å². The Balaban J connectivity index is 2.43. The van der Waals surface area contributed by atoms with E-state index in [2.05, 4.69) is 6.58 Å². The van der Waals surface area contributed by atoms with E-state index < -0.39 is 5.97 Å². The number of nitrogens with zero attached hydrogens (tertiary/aromatic N) is 2. The first-order chi connectivity index (χ1) is 15.3. The molecule has 0 spiro atoms. The molecule has 0 saturated carbocycles. The number of amides is 1. The van der Waals surface area contributed by atoms with E-state index in [0.29, 0.717) is 30.1 Å². The van der Waals surface area contributed by atoms with Crippen LogP contribution >= 0.6 is 0 Å². The zero-order valence-corrected chi connectivity index (χ0v) is 18.4. The lowest BCUT2D eigenvalue weighted by atomic mass is 10.0. The summed E-state index contributed by atoms with van der Waals surface area (Å²) in [6, 6.07) is 11.9. The number of likely N-dealkylation sites (N-methyl/N-ethyl adjacent to an activating group) is 1. The Morgan fingerprint density at radius 2 is 1.88 bits per heavy atom. The second kappa shape index (κ2) is 11.4. The average Bonchev–Trinajstić information content (AvgIpc) is 2.77. The smallest absolute Gasteiger partial charge is 0.335 e. The van der Waals surface area contributed by atoms with Crippen LogP contribution in [0.3, 0.4) is 0 Å². The van der Waals surface area contributed by atoms with Crippen molar-refractivity contribution in [3.63, 3.8) is 0 Å². The highest BCUT2D eigenvalue weighted by Gasteiger charge is 2.16. The van der Waals surface area contributed by atoms with Crippen molar-refractivity contribution < 1.29 is 24.2 Å². The molecule has 0 heterocycles. The van der Waals surface area contributed by atoms with Crippen LogP contribution in [-0.4, -0.2) is 42.6 Å². The first-order valence-electron chi connectivity index (χ1n) is 9.99. The van der Waals surface area contributed by atoms with Crippen molar-refractivity contribution in [1.82, 2.24) is 4.90 Å². The van der Waals surface area contributed by atoms with Gasteiger partial charge in [0, 0.05) is 19.7 Å². The van der Waals surface area contributed by atoms with Gasteiger partial charge in [-0.1, -0.05) is 18.2 Å². The van der Waals surface area contributed by atoms with E-state index in [0.717, 1.165) is 11.1 Å². The molecule has 0 saturated heterocycles. The van der Waals surface area contributed by atoms with Gasteiger partial charge in [0.15, 0.2) is 11.5 Å². The van der Waals surface area contributed by atoms with Gasteiger partial charge < -0.3 is 19.5 Å². The van der Waals surface area contributed by atoms with Crippen LogP contribution in [0.2, 0.25) is 0 Å². The van der Waals surface area contributed by atoms with Crippen molar-refractivity contribution in [2.24, 2.45) is 0 Å². The first kappa shape index (κ1) is 24.2. The summed E-state index contributed by atoms with van der Waals surface area (Å²) in [5.74, 6) is -0.364. The number of carbonyl (C=O) groups excluding carboxylic acids is 1. The maximum atomic E-state index is 12.2. The Bertz CT molecular complexity index is 1060. The number of rotatable bonds is 10. The monoisotopic (exact) mass is 434 g/mol. The third-order valence-electron chi connectivity index (χ3n) is 4.47. The third kappa shape index (κ3) is 6.22.